The van der Waals surface area contributed by atoms with Crippen LogP contribution in [-0.2, 0) is 13.5 Å². The predicted molar refractivity (Wildman–Crippen MR) is 86.1 cm³/mol. The minimum atomic E-state index is 0.283. The molecular weight excluding hydrogens is 260 g/mol. The number of hydrogen-bond acceptors (Lipinski definition) is 3. The maximum atomic E-state index is 6.73. The number of aromatic nitrogens is 2. The second-order valence-corrected chi connectivity index (χ2v) is 6.96. The van der Waals surface area contributed by atoms with Gasteiger partial charge in [-0.1, -0.05) is 19.3 Å². The lowest BCUT2D eigenvalue weighted by Gasteiger charge is -2.47. The van der Waals surface area contributed by atoms with Gasteiger partial charge in [0.1, 0.15) is 5.82 Å². The summed E-state index contributed by atoms with van der Waals surface area (Å²) >= 11 is 0. The Labute approximate surface area is 128 Å². The molecule has 1 aromatic rings. The van der Waals surface area contributed by atoms with E-state index in [-0.39, 0.29) is 11.6 Å². The van der Waals surface area contributed by atoms with E-state index < -0.39 is 0 Å². The summed E-state index contributed by atoms with van der Waals surface area (Å²) in [7, 11) is 2.07. The molecule has 0 radical (unpaired) electrons. The van der Waals surface area contributed by atoms with Crippen LogP contribution in [0, 0.1) is 0 Å². The van der Waals surface area contributed by atoms with Crippen molar-refractivity contribution >= 4 is 0 Å². The molecule has 1 saturated carbocycles. The first-order valence-corrected chi connectivity index (χ1v) is 8.69. The molecule has 4 heteroatoms. The highest BCUT2D eigenvalue weighted by Gasteiger charge is 2.44. The number of nitrogens with zero attached hydrogens (tertiary/aromatic N) is 3. The van der Waals surface area contributed by atoms with Crippen molar-refractivity contribution < 1.29 is 0 Å². The van der Waals surface area contributed by atoms with Gasteiger partial charge < -0.3 is 10.3 Å². The first kappa shape index (κ1) is 15.0. The molecule has 1 aliphatic carbocycles. The van der Waals surface area contributed by atoms with E-state index in [2.05, 4.69) is 21.5 Å². The third-order valence-corrected chi connectivity index (χ3v) is 5.75. The number of hydrogen-bond donors (Lipinski definition) is 1. The average molecular weight is 290 g/mol. The van der Waals surface area contributed by atoms with Crippen LogP contribution in [0.25, 0.3) is 0 Å². The standard InChI is InChI=1S/C17H30N4/c1-20-14-11-19-16(20)8-7-15(18)17(9-3-4-10-17)21-12-5-2-6-13-21/h11,14-15H,2-10,12-13,18H2,1H3. The molecular formula is C17H30N4. The minimum absolute atomic E-state index is 0.283. The zero-order valence-electron chi connectivity index (χ0n) is 13.4. The molecule has 118 valence electrons. The Bertz CT molecular complexity index is 441. The molecule has 1 aliphatic heterocycles. The Morgan fingerprint density at radius 1 is 1.19 bits per heavy atom. The summed E-state index contributed by atoms with van der Waals surface area (Å²) in [6, 6.07) is 0.287. The summed E-state index contributed by atoms with van der Waals surface area (Å²) in [6.07, 6.45) is 15.4. The van der Waals surface area contributed by atoms with Crippen LogP contribution in [0.4, 0.5) is 0 Å². The summed E-state index contributed by atoms with van der Waals surface area (Å²) < 4.78 is 2.12. The van der Waals surface area contributed by atoms with Gasteiger partial charge >= 0.3 is 0 Å². The summed E-state index contributed by atoms with van der Waals surface area (Å²) in [5.74, 6) is 1.16. The van der Waals surface area contributed by atoms with Gasteiger partial charge in [-0.25, -0.2) is 4.98 Å². The van der Waals surface area contributed by atoms with Gasteiger partial charge in [0, 0.05) is 37.4 Å². The highest BCUT2D eigenvalue weighted by atomic mass is 15.2. The van der Waals surface area contributed by atoms with Crippen LogP contribution in [0.5, 0.6) is 0 Å². The summed E-state index contributed by atoms with van der Waals surface area (Å²) in [5, 5.41) is 0. The molecule has 0 bridgehead atoms. The molecule has 4 nitrogen and oxygen atoms in total. The molecule has 0 spiro atoms. The second-order valence-electron chi connectivity index (χ2n) is 6.96. The zero-order valence-corrected chi connectivity index (χ0v) is 13.4. The van der Waals surface area contributed by atoms with Crippen LogP contribution < -0.4 is 5.73 Å². The lowest BCUT2D eigenvalue weighted by Crippen LogP contribution is -2.59. The van der Waals surface area contributed by atoms with Gasteiger partial charge in [0.05, 0.1) is 0 Å². The topological polar surface area (TPSA) is 47.1 Å². The highest BCUT2D eigenvalue weighted by Crippen LogP contribution is 2.40. The molecule has 1 aromatic heterocycles. The van der Waals surface area contributed by atoms with Crippen LogP contribution in [0.2, 0.25) is 0 Å². The van der Waals surface area contributed by atoms with Crippen LogP contribution in [0.1, 0.15) is 57.2 Å². The lowest BCUT2D eigenvalue weighted by molar-refractivity contribution is 0.0457. The Morgan fingerprint density at radius 3 is 2.52 bits per heavy atom. The maximum absolute atomic E-state index is 6.73. The van der Waals surface area contributed by atoms with E-state index in [0.717, 1.165) is 18.7 Å². The van der Waals surface area contributed by atoms with Gasteiger partial charge in [0.2, 0.25) is 0 Å². The molecule has 0 amide bonds. The van der Waals surface area contributed by atoms with E-state index in [1.54, 1.807) is 0 Å². The Balaban J connectivity index is 1.66. The first-order valence-electron chi connectivity index (χ1n) is 8.69. The van der Waals surface area contributed by atoms with Crippen molar-refractivity contribution in [2.75, 3.05) is 13.1 Å². The van der Waals surface area contributed by atoms with Gasteiger partial charge in [-0.3, -0.25) is 4.90 Å². The Kier molecular flexibility index (Phi) is 4.65. The second kappa shape index (κ2) is 6.49. The van der Waals surface area contributed by atoms with Gasteiger partial charge in [-0.05, 0) is 45.2 Å². The Morgan fingerprint density at radius 2 is 1.90 bits per heavy atom. The number of imidazole rings is 1. The maximum Gasteiger partial charge on any atom is 0.108 e. The number of piperidine rings is 1. The summed E-state index contributed by atoms with van der Waals surface area (Å²) in [5.41, 5.74) is 7.02. The highest BCUT2D eigenvalue weighted by molar-refractivity contribution is 5.04. The fraction of sp³-hybridized carbons (Fsp3) is 0.824. The van der Waals surface area contributed by atoms with Crippen molar-refractivity contribution in [3.8, 4) is 0 Å². The van der Waals surface area contributed by atoms with Crippen molar-refractivity contribution in [2.24, 2.45) is 12.8 Å². The van der Waals surface area contributed by atoms with Crippen molar-refractivity contribution in [1.82, 2.24) is 14.5 Å². The predicted octanol–water partition coefficient (Wildman–Crippen LogP) is 2.48. The first-order chi connectivity index (χ1) is 10.2. The van der Waals surface area contributed by atoms with Crippen LogP contribution in [-0.4, -0.2) is 39.1 Å². The quantitative estimate of drug-likeness (QED) is 0.906. The van der Waals surface area contributed by atoms with Crippen molar-refractivity contribution in [3.05, 3.63) is 18.2 Å². The Hall–Kier alpha value is -0.870. The third kappa shape index (κ3) is 3.02. The van der Waals surface area contributed by atoms with Crippen LogP contribution in [0.15, 0.2) is 12.4 Å². The number of aryl methyl sites for hydroxylation is 2. The SMILES string of the molecule is Cn1ccnc1CCC(N)C1(N2CCCCC2)CCCC1. The van der Waals surface area contributed by atoms with Crippen LogP contribution >= 0.6 is 0 Å². The minimum Gasteiger partial charge on any atom is -0.338 e. The molecule has 2 N–H and O–H groups in total. The number of likely N-dealkylation sites (tertiary alicyclic amines) is 1. The number of nitrogens with two attached hydrogens (primary N) is 1. The lowest BCUT2D eigenvalue weighted by atomic mass is 9.82. The van der Waals surface area contributed by atoms with Crippen LogP contribution in [0.3, 0.4) is 0 Å². The molecule has 2 heterocycles. The number of rotatable bonds is 5. The molecule has 1 unspecified atom stereocenters. The van der Waals surface area contributed by atoms with E-state index in [0.29, 0.717) is 0 Å². The molecule has 21 heavy (non-hydrogen) atoms. The average Bonchev–Trinajstić information content (AvgIpc) is 3.16. The van der Waals surface area contributed by atoms with Gasteiger partial charge in [-0.2, -0.15) is 0 Å². The molecule has 1 saturated heterocycles. The van der Waals surface area contributed by atoms with Crippen molar-refractivity contribution in [3.63, 3.8) is 0 Å². The van der Waals surface area contributed by atoms with Gasteiger partial charge in [-0.15, -0.1) is 0 Å². The molecule has 2 aliphatic rings. The largest absolute Gasteiger partial charge is 0.338 e. The van der Waals surface area contributed by atoms with E-state index in [1.165, 1.54) is 58.0 Å². The summed E-state index contributed by atoms with van der Waals surface area (Å²) in [4.78, 5) is 7.19. The van der Waals surface area contributed by atoms with E-state index >= 15 is 0 Å². The monoisotopic (exact) mass is 290 g/mol. The smallest absolute Gasteiger partial charge is 0.108 e. The van der Waals surface area contributed by atoms with Gasteiger partial charge in [0.25, 0.3) is 0 Å². The van der Waals surface area contributed by atoms with E-state index in [1.807, 2.05) is 12.4 Å². The van der Waals surface area contributed by atoms with E-state index in [4.69, 9.17) is 5.73 Å². The van der Waals surface area contributed by atoms with Crippen molar-refractivity contribution in [1.29, 1.82) is 0 Å². The molecule has 2 fully saturated rings. The summed E-state index contributed by atoms with van der Waals surface area (Å²) in [6.45, 7) is 2.52. The third-order valence-electron chi connectivity index (χ3n) is 5.75. The van der Waals surface area contributed by atoms with Gasteiger partial charge in [0.15, 0.2) is 0 Å². The normalized spacial score (nSPS) is 24.3. The molecule has 1 atom stereocenters. The zero-order chi connectivity index (χ0) is 14.7. The molecule has 3 rings (SSSR count). The van der Waals surface area contributed by atoms with E-state index in [9.17, 15) is 0 Å². The fourth-order valence-electron chi connectivity index (χ4n) is 4.44. The molecule has 0 aromatic carbocycles. The van der Waals surface area contributed by atoms with Crippen molar-refractivity contribution in [2.45, 2.75) is 69.4 Å². The fourth-order valence-corrected chi connectivity index (χ4v) is 4.44.